The van der Waals surface area contributed by atoms with E-state index >= 15 is 0 Å². The van der Waals surface area contributed by atoms with Crippen molar-refractivity contribution >= 4 is 41.9 Å². The van der Waals surface area contributed by atoms with Gasteiger partial charge in [-0.05, 0) is 68.9 Å². The maximum Gasteiger partial charge on any atom is 0.345 e. The Bertz CT molecular complexity index is 2010. The summed E-state index contributed by atoms with van der Waals surface area (Å²) in [5.74, 6) is 0.448. The van der Waals surface area contributed by atoms with Crippen LogP contribution in [0.2, 0.25) is 0 Å². The van der Waals surface area contributed by atoms with E-state index in [4.69, 9.17) is 9.47 Å². The van der Waals surface area contributed by atoms with Gasteiger partial charge < -0.3 is 40.1 Å². The monoisotopic (exact) mass is 780 g/mol. The van der Waals surface area contributed by atoms with Crippen LogP contribution in [0.5, 0.6) is 0 Å². The number of nitrogens with one attached hydrogen (secondary N) is 3. The number of anilines is 2. The number of aliphatic imine (C=N–C) groups is 2. The lowest BCUT2D eigenvalue weighted by molar-refractivity contribution is -0.174. The summed E-state index contributed by atoms with van der Waals surface area (Å²) in [6.45, 7) is 10.1. The molecule has 2 aromatic rings. The maximum absolute atomic E-state index is 13.8. The van der Waals surface area contributed by atoms with E-state index in [0.29, 0.717) is 66.8 Å². The van der Waals surface area contributed by atoms with E-state index in [-0.39, 0.29) is 36.4 Å². The minimum absolute atomic E-state index is 0.198. The highest BCUT2D eigenvalue weighted by Gasteiger charge is 2.70. The summed E-state index contributed by atoms with van der Waals surface area (Å²) in [5.41, 5.74) is -0.614. The van der Waals surface area contributed by atoms with E-state index in [2.05, 4.69) is 70.7 Å². The number of ether oxygens (including phenoxy) is 2. The van der Waals surface area contributed by atoms with Crippen molar-refractivity contribution in [2.24, 2.45) is 32.7 Å². The minimum atomic E-state index is -0.841. The second-order valence-corrected chi connectivity index (χ2v) is 16.7. The quantitative estimate of drug-likeness (QED) is 0.173. The molecule has 16 heteroatoms. The molecule has 302 valence electrons. The van der Waals surface area contributed by atoms with Crippen molar-refractivity contribution in [1.82, 2.24) is 30.5 Å². The average Bonchev–Trinajstić information content (AvgIpc) is 3.66. The van der Waals surface area contributed by atoms with Gasteiger partial charge in [0, 0.05) is 73.9 Å². The van der Waals surface area contributed by atoms with Crippen LogP contribution in [-0.2, 0) is 19.1 Å². The van der Waals surface area contributed by atoms with E-state index in [9.17, 15) is 19.8 Å². The van der Waals surface area contributed by atoms with Crippen molar-refractivity contribution < 1.29 is 29.3 Å². The summed E-state index contributed by atoms with van der Waals surface area (Å²) in [5, 5.41) is 32.1. The number of aliphatic hydroxyl groups is 2. The summed E-state index contributed by atoms with van der Waals surface area (Å²) in [6, 6.07) is 4.50. The summed E-state index contributed by atoms with van der Waals surface area (Å²) in [6.07, 6.45) is 13.2. The number of fused-ring (bicyclic) bond motifs is 1. The molecule has 0 aromatic carbocycles. The highest BCUT2D eigenvalue weighted by molar-refractivity contribution is 6.04. The molecular weight excluding hydrogens is 729 g/mol. The van der Waals surface area contributed by atoms with Crippen LogP contribution in [0.15, 0.2) is 76.0 Å². The number of allylic oxidation sites excluding steroid dienone is 1. The number of likely N-dealkylation sites (N-methyl/N-ethyl adjacent to an activating group) is 1. The molecule has 8 atom stereocenters. The number of hydrogen-bond acceptors (Lipinski definition) is 15. The molecule has 2 saturated heterocycles. The number of piperazine rings is 1. The van der Waals surface area contributed by atoms with Crippen LogP contribution >= 0.6 is 0 Å². The average molecular weight is 781 g/mol. The Labute approximate surface area is 332 Å². The van der Waals surface area contributed by atoms with Gasteiger partial charge in [-0.15, -0.1) is 0 Å². The largest absolute Gasteiger partial charge is 0.423 e. The Morgan fingerprint density at radius 2 is 1.89 bits per heavy atom. The number of guanidine groups is 1. The lowest BCUT2D eigenvalue weighted by Gasteiger charge is -2.62. The Balaban J connectivity index is 1.15. The zero-order valence-electron chi connectivity index (χ0n) is 32.9. The van der Waals surface area contributed by atoms with E-state index in [1.54, 1.807) is 43.9 Å². The number of epoxide rings is 1. The molecule has 6 aliphatic rings. The van der Waals surface area contributed by atoms with Gasteiger partial charge in [-0.1, -0.05) is 26.0 Å². The number of aliphatic hydroxyl groups excluding tert-OH is 2. The zero-order valence-corrected chi connectivity index (χ0v) is 32.9. The minimum Gasteiger partial charge on any atom is -0.423 e. The predicted molar refractivity (Wildman–Crippen MR) is 214 cm³/mol. The van der Waals surface area contributed by atoms with Crippen molar-refractivity contribution in [1.29, 1.82) is 0 Å². The van der Waals surface area contributed by atoms with Crippen LogP contribution in [0.4, 0.5) is 11.8 Å². The number of aromatic nitrogens is 3. The Hall–Kier alpha value is -4.87. The smallest absolute Gasteiger partial charge is 0.345 e. The highest BCUT2D eigenvalue weighted by atomic mass is 16.6. The first-order valence-electron chi connectivity index (χ1n) is 19.8. The number of nitrogens with zero attached hydrogens (tertiary/aromatic N) is 7. The normalized spacial score (nSPS) is 33.8. The Kier molecular flexibility index (Phi) is 10.6. The molecule has 0 radical (unpaired) electrons. The van der Waals surface area contributed by atoms with Crippen molar-refractivity contribution in [3.05, 3.63) is 71.5 Å². The van der Waals surface area contributed by atoms with E-state index < -0.39 is 34.5 Å². The molecule has 5 N–H and O–H groups in total. The van der Waals surface area contributed by atoms with Crippen molar-refractivity contribution in [3.8, 4) is 0 Å². The van der Waals surface area contributed by atoms with Gasteiger partial charge in [0.2, 0.25) is 17.8 Å². The fourth-order valence-electron chi connectivity index (χ4n) is 9.57. The molecule has 4 aliphatic heterocycles. The fraction of sp³-hybridized carbons (Fsp3) is 0.537. The molecule has 2 aromatic heterocycles. The standard InChI is InChI=1S/C41H52N10O6/c1-25(35(54)49-37-43-11-12-44-37)47-32-20-30-39(2,9-8-33(53)40(30,3)23-52)31(41(32)24-56-41)19-29(48-34-7-5-6-10-42-34)28-18-27(57-36(28)55)17-26-21-45-38(46-22-26)51-15-13-50(4)14-16-51/h5-7,10-11,17-19,21-22,25,30-33,47,52-53H,8-9,12-16,20,23-24H2,1-4H3,(H,42,48)(H,44,49,54)/b27-17+,29-19-/t25?,30?,31?,32?,33-,39+,40+,41?/m1/s1. The molecule has 57 heavy (non-hydrogen) atoms. The molecule has 2 saturated carbocycles. The number of carbonyl (C=O) groups excluding carboxylic acids is 2. The van der Waals surface area contributed by atoms with E-state index in [0.717, 1.165) is 26.2 Å². The number of carbonyl (C=O) groups is 2. The first-order chi connectivity index (χ1) is 27.4. The van der Waals surface area contributed by atoms with E-state index in [1.165, 1.54) is 0 Å². The number of rotatable bonds is 10. The van der Waals surface area contributed by atoms with Gasteiger partial charge in [-0.2, -0.15) is 0 Å². The number of pyridine rings is 1. The third kappa shape index (κ3) is 7.52. The van der Waals surface area contributed by atoms with Gasteiger partial charge in [-0.25, -0.2) is 29.7 Å². The van der Waals surface area contributed by atoms with Gasteiger partial charge in [-0.3, -0.25) is 10.1 Å². The van der Waals surface area contributed by atoms with Gasteiger partial charge in [0.05, 0.1) is 43.2 Å². The third-order valence-electron chi connectivity index (χ3n) is 13.1. The van der Waals surface area contributed by atoms with Gasteiger partial charge >= 0.3 is 5.97 Å². The lowest BCUT2D eigenvalue weighted by Crippen LogP contribution is -2.67. The lowest BCUT2D eigenvalue weighted by atomic mass is 9.44. The molecule has 2 aliphatic carbocycles. The maximum atomic E-state index is 13.8. The van der Waals surface area contributed by atoms with Crippen LogP contribution in [0.25, 0.3) is 6.08 Å². The number of cyclic esters (lactones) is 1. The molecule has 1 amide bonds. The van der Waals surface area contributed by atoms with Crippen molar-refractivity contribution in [2.75, 3.05) is 63.2 Å². The molecule has 16 nitrogen and oxygen atoms in total. The summed E-state index contributed by atoms with van der Waals surface area (Å²) in [7, 11) is 2.10. The molecular formula is C41H52N10O6. The Morgan fingerprint density at radius 3 is 2.56 bits per heavy atom. The van der Waals surface area contributed by atoms with E-state index in [1.807, 2.05) is 25.1 Å². The second-order valence-electron chi connectivity index (χ2n) is 16.7. The van der Waals surface area contributed by atoms with Crippen molar-refractivity contribution in [2.45, 2.75) is 63.8 Å². The first kappa shape index (κ1) is 39.0. The van der Waals surface area contributed by atoms with Crippen LogP contribution < -0.4 is 20.9 Å². The second kappa shape index (κ2) is 15.5. The molecule has 4 fully saturated rings. The zero-order chi connectivity index (χ0) is 40.0. The molecule has 8 rings (SSSR count). The van der Waals surface area contributed by atoms with Crippen molar-refractivity contribution in [3.63, 3.8) is 0 Å². The summed E-state index contributed by atoms with van der Waals surface area (Å²) in [4.78, 5) is 53.7. The van der Waals surface area contributed by atoms with Gasteiger partial charge in [0.1, 0.15) is 17.2 Å². The van der Waals surface area contributed by atoms with Crippen LogP contribution in [0, 0.1) is 22.7 Å². The Morgan fingerprint density at radius 1 is 1.12 bits per heavy atom. The molecule has 1 spiro atoms. The summed E-state index contributed by atoms with van der Waals surface area (Å²) < 4.78 is 12.3. The van der Waals surface area contributed by atoms with Crippen LogP contribution in [0.1, 0.15) is 45.6 Å². The summed E-state index contributed by atoms with van der Waals surface area (Å²) >= 11 is 0. The number of esters is 1. The molecule has 0 bridgehead atoms. The van der Waals surface area contributed by atoms with Crippen LogP contribution in [0.3, 0.4) is 0 Å². The third-order valence-corrected chi connectivity index (χ3v) is 13.1. The van der Waals surface area contributed by atoms with Gasteiger partial charge in [0.25, 0.3) is 0 Å². The highest BCUT2D eigenvalue weighted by Crippen LogP contribution is 2.66. The SMILES string of the molecule is CC(NC1CC2[C@](C)(CC[C@@H](O)[C@@]2(C)CO)C(/C=C(\Nc2ccccn2)C2=C/C(=C\c3cnc(N4CCN(C)CC4)nc3)OC2=O)C12CO2)C(=O)NC1=NCC=N1. The number of hydrogen-bond donors (Lipinski definition) is 5. The van der Waals surface area contributed by atoms with Crippen LogP contribution in [-0.4, -0.2) is 131 Å². The predicted octanol–water partition coefficient (Wildman–Crippen LogP) is 1.91. The first-order valence-corrected chi connectivity index (χ1v) is 19.8. The molecule has 6 heterocycles. The number of amides is 1. The fourth-order valence-corrected chi connectivity index (χ4v) is 9.57. The topological polar surface area (TPSA) is 202 Å². The molecule has 5 unspecified atom stereocenters. The van der Waals surface area contributed by atoms with Gasteiger partial charge in [0.15, 0.2) is 0 Å².